The van der Waals surface area contributed by atoms with E-state index in [4.69, 9.17) is 4.52 Å². The normalized spacial score (nSPS) is 11.4. The van der Waals surface area contributed by atoms with Crippen molar-refractivity contribution in [1.29, 1.82) is 0 Å². The number of guanidine groups is 1. The molecule has 0 saturated carbocycles. The van der Waals surface area contributed by atoms with Gasteiger partial charge in [0.2, 0.25) is 5.89 Å². The molecular weight excluding hydrogens is 266 g/mol. The minimum atomic E-state index is 0.471. The molecule has 2 N–H and O–H groups in total. The Labute approximate surface area is 124 Å². The zero-order valence-electron chi connectivity index (χ0n) is 12.5. The Morgan fingerprint density at radius 1 is 1.24 bits per heavy atom. The van der Waals surface area contributed by atoms with E-state index in [-0.39, 0.29) is 0 Å². The van der Waals surface area contributed by atoms with Gasteiger partial charge in [0.15, 0.2) is 11.8 Å². The Bertz CT molecular complexity index is 564. The molecule has 0 atom stereocenters. The SMILES string of the molecule is CN=C(NCCCc1ccccc1)NCc1nc(C)no1. The summed E-state index contributed by atoms with van der Waals surface area (Å²) in [5.74, 6) is 1.93. The number of benzene rings is 1. The van der Waals surface area contributed by atoms with Crippen LogP contribution in [0.2, 0.25) is 0 Å². The van der Waals surface area contributed by atoms with E-state index in [1.54, 1.807) is 14.0 Å². The first kappa shape index (κ1) is 15.0. The van der Waals surface area contributed by atoms with Crippen LogP contribution in [0.4, 0.5) is 0 Å². The van der Waals surface area contributed by atoms with Crippen molar-refractivity contribution in [1.82, 2.24) is 20.8 Å². The Balaban J connectivity index is 1.66. The summed E-state index contributed by atoms with van der Waals surface area (Å²) in [6.07, 6.45) is 2.10. The van der Waals surface area contributed by atoms with Crippen molar-refractivity contribution < 1.29 is 4.52 Å². The van der Waals surface area contributed by atoms with Crippen LogP contribution < -0.4 is 10.6 Å². The quantitative estimate of drug-likeness (QED) is 0.480. The fourth-order valence-electron chi connectivity index (χ4n) is 1.94. The van der Waals surface area contributed by atoms with Gasteiger partial charge in [-0.15, -0.1) is 0 Å². The van der Waals surface area contributed by atoms with Gasteiger partial charge in [0, 0.05) is 13.6 Å². The molecule has 0 spiro atoms. The van der Waals surface area contributed by atoms with Crippen LogP contribution in [0.5, 0.6) is 0 Å². The van der Waals surface area contributed by atoms with Crippen LogP contribution in [-0.2, 0) is 13.0 Å². The van der Waals surface area contributed by atoms with Crippen LogP contribution in [0.3, 0.4) is 0 Å². The molecule has 1 heterocycles. The predicted octanol–water partition coefficient (Wildman–Crippen LogP) is 1.68. The Morgan fingerprint density at radius 3 is 2.71 bits per heavy atom. The van der Waals surface area contributed by atoms with E-state index in [0.717, 1.165) is 25.3 Å². The first-order valence-electron chi connectivity index (χ1n) is 7.05. The van der Waals surface area contributed by atoms with Gasteiger partial charge in [-0.25, -0.2) is 0 Å². The van der Waals surface area contributed by atoms with Crippen molar-refractivity contribution in [3.05, 3.63) is 47.6 Å². The van der Waals surface area contributed by atoms with Crippen LogP contribution in [0.1, 0.15) is 23.7 Å². The van der Waals surface area contributed by atoms with Crippen molar-refractivity contribution >= 4 is 5.96 Å². The van der Waals surface area contributed by atoms with Gasteiger partial charge in [-0.2, -0.15) is 4.98 Å². The molecule has 112 valence electrons. The van der Waals surface area contributed by atoms with Gasteiger partial charge < -0.3 is 15.2 Å². The van der Waals surface area contributed by atoms with E-state index in [1.165, 1.54) is 5.56 Å². The molecule has 1 aromatic heterocycles. The summed E-state index contributed by atoms with van der Waals surface area (Å²) >= 11 is 0. The topological polar surface area (TPSA) is 75.3 Å². The average molecular weight is 287 g/mol. The van der Waals surface area contributed by atoms with Gasteiger partial charge in [0.1, 0.15) is 0 Å². The number of nitrogens with one attached hydrogen (secondary N) is 2. The second-order valence-corrected chi connectivity index (χ2v) is 4.68. The van der Waals surface area contributed by atoms with E-state index < -0.39 is 0 Å². The first-order valence-corrected chi connectivity index (χ1v) is 7.05. The van der Waals surface area contributed by atoms with Crippen molar-refractivity contribution in [3.8, 4) is 0 Å². The summed E-state index contributed by atoms with van der Waals surface area (Å²) in [6, 6.07) is 10.5. The molecule has 2 aromatic rings. The van der Waals surface area contributed by atoms with Crippen molar-refractivity contribution in [3.63, 3.8) is 0 Å². The van der Waals surface area contributed by atoms with Gasteiger partial charge in [-0.3, -0.25) is 4.99 Å². The molecule has 0 unspecified atom stereocenters. The van der Waals surface area contributed by atoms with Crippen LogP contribution >= 0.6 is 0 Å². The summed E-state index contributed by atoms with van der Waals surface area (Å²) in [4.78, 5) is 8.29. The zero-order valence-corrected chi connectivity index (χ0v) is 12.5. The van der Waals surface area contributed by atoms with Gasteiger partial charge in [-0.05, 0) is 25.3 Å². The largest absolute Gasteiger partial charge is 0.356 e. The lowest BCUT2D eigenvalue weighted by atomic mass is 10.1. The summed E-state index contributed by atoms with van der Waals surface area (Å²) in [5.41, 5.74) is 1.35. The highest BCUT2D eigenvalue weighted by molar-refractivity contribution is 5.79. The lowest BCUT2D eigenvalue weighted by molar-refractivity contribution is 0.371. The lowest BCUT2D eigenvalue weighted by Crippen LogP contribution is -2.37. The third-order valence-electron chi connectivity index (χ3n) is 2.98. The van der Waals surface area contributed by atoms with Crippen LogP contribution in [-0.4, -0.2) is 29.7 Å². The summed E-state index contributed by atoms with van der Waals surface area (Å²) in [5, 5.41) is 10.1. The van der Waals surface area contributed by atoms with Crippen LogP contribution in [0.25, 0.3) is 0 Å². The molecule has 21 heavy (non-hydrogen) atoms. The smallest absolute Gasteiger partial charge is 0.246 e. The summed E-state index contributed by atoms with van der Waals surface area (Å²) in [7, 11) is 1.74. The maximum absolute atomic E-state index is 5.04. The van der Waals surface area contributed by atoms with Gasteiger partial charge in [0.05, 0.1) is 6.54 Å². The molecule has 0 aliphatic heterocycles. The number of hydrogen-bond donors (Lipinski definition) is 2. The highest BCUT2D eigenvalue weighted by Crippen LogP contribution is 2.01. The van der Waals surface area contributed by atoms with Crippen molar-refractivity contribution in [2.75, 3.05) is 13.6 Å². The fraction of sp³-hybridized carbons (Fsp3) is 0.400. The molecule has 0 radical (unpaired) electrons. The molecule has 0 aliphatic rings. The van der Waals surface area contributed by atoms with Crippen molar-refractivity contribution in [2.24, 2.45) is 4.99 Å². The van der Waals surface area contributed by atoms with E-state index >= 15 is 0 Å². The minimum absolute atomic E-state index is 0.471. The van der Waals surface area contributed by atoms with Gasteiger partial charge in [-0.1, -0.05) is 35.5 Å². The third-order valence-corrected chi connectivity index (χ3v) is 2.98. The summed E-state index contributed by atoms with van der Waals surface area (Å²) in [6.45, 7) is 3.13. The molecule has 0 fully saturated rings. The van der Waals surface area contributed by atoms with E-state index in [1.807, 2.05) is 6.07 Å². The molecule has 0 bridgehead atoms. The fourth-order valence-corrected chi connectivity index (χ4v) is 1.94. The Morgan fingerprint density at radius 2 is 2.05 bits per heavy atom. The molecular formula is C15H21N5O. The number of hydrogen-bond acceptors (Lipinski definition) is 4. The monoisotopic (exact) mass is 287 g/mol. The number of aromatic nitrogens is 2. The number of aliphatic imine (C=N–C) groups is 1. The number of nitrogens with zero attached hydrogens (tertiary/aromatic N) is 3. The maximum atomic E-state index is 5.04. The van der Waals surface area contributed by atoms with Crippen LogP contribution in [0.15, 0.2) is 39.8 Å². The molecule has 0 saturated heterocycles. The average Bonchev–Trinajstić information content (AvgIpc) is 2.93. The highest BCUT2D eigenvalue weighted by Gasteiger charge is 2.03. The lowest BCUT2D eigenvalue weighted by Gasteiger charge is -2.10. The maximum Gasteiger partial charge on any atom is 0.246 e. The molecule has 6 nitrogen and oxygen atoms in total. The second kappa shape index (κ2) is 8.04. The van der Waals surface area contributed by atoms with Gasteiger partial charge >= 0.3 is 0 Å². The minimum Gasteiger partial charge on any atom is -0.356 e. The zero-order chi connectivity index (χ0) is 14.9. The Hall–Kier alpha value is -2.37. The number of rotatable bonds is 6. The highest BCUT2D eigenvalue weighted by atomic mass is 16.5. The van der Waals surface area contributed by atoms with Gasteiger partial charge in [0.25, 0.3) is 0 Å². The second-order valence-electron chi connectivity index (χ2n) is 4.68. The molecule has 0 amide bonds. The first-order chi connectivity index (χ1) is 10.3. The molecule has 0 aliphatic carbocycles. The van der Waals surface area contributed by atoms with E-state index in [2.05, 4.69) is 50.0 Å². The summed E-state index contributed by atoms with van der Waals surface area (Å²) < 4.78 is 5.04. The van der Waals surface area contributed by atoms with E-state index in [0.29, 0.717) is 18.3 Å². The van der Waals surface area contributed by atoms with E-state index in [9.17, 15) is 0 Å². The number of aryl methyl sites for hydroxylation is 2. The molecule has 6 heteroatoms. The third kappa shape index (κ3) is 5.25. The molecule has 1 aromatic carbocycles. The molecule has 2 rings (SSSR count). The predicted molar refractivity (Wildman–Crippen MR) is 82.0 cm³/mol. The standard InChI is InChI=1S/C15H21N5O/c1-12-19-14(21-20-12)11-18-15(16-2)17-10-6-9-13-7-4-3-5-8-13/h3-5,7-8H,6,9-11H2,1-2H3,(H2,16,17,18). The van der Waals surface area contributed by atoms with Crippen molar-refractivity contribution in [2.45, 2.75) is 26.3 Å². The van der Waals surface area contributed by atoms with Crippen LogP contribution in [0, 0.1) is 6.92 Å². The Kier molecular flexibility index (Phi) is 5.75.